The number of benzene rings is 1. The summed E-state index contributed by atoms with van der Waals surface area (Å²) in [4.78, 5) is 10.6. The van der Waals surface area contributed by atoms with E-state index in [0.29, 0.717) is 34.5 Å². The Kier molecular flexibility index (Phi) is 5.55. The summed E-state index contributed by atoms with van der Waals surface area (Å²) in [6, 6.07) is 5.51. The minimum absolute atomic E-state index is 0.322. The van der Waals surface area contributed by atoms with Crippen molar-refractivity contribution in [1.82, 2.24) is 19.3 Å². The molecule has 0 saturated heterocycles. The van der Waals surface area contributed by atoms with Gasteiger partial charge >= 0.3 is 0 Å². The number of anilines is 1. The minimum Gasteiger partial charge on any atom is -0.358 e. The van der Waals surface area contributed by atoms with Gasteiger partial charge in [0.1, 0.15) is 5.82 Å². The maximum atomic E-state index is 10.7. The third kappa shape index (κ3) is 3.94. The highest BCUT2D eigenvalue weighted by Crippen LogP contribution is 2.34. The van der Waals surface area contributed by atoms with E-state index in [-0.39, 0.29) is 0 Å². The second-order valence-electron chi connectivity index (χ2n) is 5.29. The number of pyridine rings is 1. The highest BCUT2D eigenvalue weighted by molar-refractivity contribution is 7.77. The van der Waals surface area contributed by atoms with Crippen LogP contribution in [-0.4, -0.2) is 43.4 Å². The Bertz CT molecular complexity index is 920. The van der Waals surface area contributed by atoms with Gasteiger partial charge in [-0.1, -0.05) is 23.2 Å². The van der Waals surface area contributed by atoms with Gasteiger partial charge in [-0.25, -0.2) is 18.9 Å². The lowest BCUT2D eigenvalue weighted by Crippen LogP contribution is -2.30. The van der Waals surface area contributed by atoms with Crippen LogP contribution in [0.2, 0.25) is 10.0 Å². The highest BCUT2D eigenvalue weighted by Gasteiger charge is 2.14. The van der Waals surface area contributed by atoms with Gasteiger partial charge in [-0.2, -0.15) is 0 Å². The first-order valence-electron chi connectivity index (χ1n) is 7.30. The summed E-state index contributed by atoms with van der Waals surface area (Å²) in [6.07, 6.45) is 5.21. The minimum atomic E-state index is -2.04. The summed E-state index contributed by atoms with van der Waals surface area (Å²) in [5.41, 5.74) is 1.45. The van der Waals surface area contributed by atoms with Crippen molar-refractivity contribution in [3.8, 4) is 5.69 Å². The zero-order chi connectivity index (χ0) is 18.0. The van der Waals surface area contributed by atoms with E-state index < -0.39 is 11.3 Å². The average molecular weight is 400 g/mol. The van der Waals surface area contributed by atoms with Crippen molar-refractivity contribution >= 4 is 51.2 Å². The molecule has 1 aromatic carbocycles. The molecule has 0 aliphatic heterocycles. The molecule has 2 N–H and O–H groups in total. The Balaban J connectivity index is 2.07. The number of halogens is 2. The zero-order valence-electron chi connectivity index (χ0n) is 13.2. The van der Waals surface area contributed by atoms with Crippen LogP contribution in [0.4, 0.5) is 5.82 Å². The van der Waals surface area contributed by atoms with Gasteiger partial charge in [0.25, 0.3) is 0 Å². The molecule has 0 fully saturated rings. The van der Waals surface area contributed by atoms with E-state index in [9.17, 15) is 4.21 Å². The number of hydrogen-bond donors (Lipinski definition) is 2. The van der Waals surface area contributed by atoms with Crippen molar-refractivity contribution in [1.29, 1.82) is 0 Å². The number of fused-ring (bicyclic) bond motifs is 1. The van der Waals surface area contributed by atoms with Crippen LogP contribution in [0.25, 0.3) is 16.6 Å². The molecule has 132 valence electrons. The molecule has 0 spiro atoms. The van der Waals surface area contributed by atoms with Crippen LogP contribution in [0.3, 0.4) is 0 Å². The monoisotopic (exact) mass is 399 g/mol. The van der Waals surface area contributed by atoms with E-state index in [1.807, 2.05) is 34.8 Å². The first-order chi connectivity index (χ1) is 12.0. The largest absolute Gasteiger partial charge is 0.358 e. The zero-order valence-corrected chi connectivity index (χ0v) is 15.5. The highest BCUT2D eigenvalue weighted by atomic mass is 35.5. The summed E-state index contributed by atoms with van der Waals surface area (Å²) in [5.74, 6) is 0.658. The topological polar surface area (TPSA) is 83.3 Å². The van der Waals surface area contributed by atoms with E-state index in [2.05, 4.69) is 14.7 Å². The number of hydrogen-bond acceptors (Lipinski definition) is 4. The Hall–Kier alpha value is -1.71. The normalized spacial score (nSPS) is 12.5. The fraction of sp³-hybridized carbons (Fsp3) is 0.200. The number of nitrogens with one attached hydrogen (secondary N) is 1. The molecule has 10 heteroatoms. The van der Waals surface area contributed by atoms with Crippen molar-refractivity contribution in [2.75, 3.05) is 25.0 Å². The molecule has 3 aromatic rings. The lowest BCUT2D eigenvalue weighted by atomic mass is 10.1. The molecule has 0 radical (unpaired) electrons. The molecular weight excluding hydrogens is 385 g/mol. The van der Waals surface area contributed by atoms with Gasteiger partial charge in [0, 0.05) is 44.0 Å². The molecule has 2 heterocycles. The van der Waals surface area contributed by atoms with E-state index in [1.165, 1.54) is 0 Å². The first-order valence-corrected chi connectivity index (χ1v) is 9.16. The average Bonchev–Trinajstić information content (AvgIpc) is 3.11. The van der Waals surface area contributed by atoms with Gasteiger partial charge in [-0.05, 0) is 12.1 Å². The quantitative estimate of drug-likeness (QED) is 0.622. The molecule has 0 amide bonds. The smallest absolute Gasteiger partial charge is 0.231 e. The Morgan fingerprint density at radius 2 is 2.20 bits per heavy atom. The number of aromatic nitrogens is 3. The molecule has 3 rings (SSSR count). The second-order valence-corrected chi connectivity index (χ2v) is 6.86. The molecule has 2 aromatic heterocycles. The fourth-order valence-electron chi connectivity index (χ4n) is 2.43. The maximum Gasteiger partial charge on any atom is 0.231 e. The van der Waals surface area contributed by atoms with Gasteiger partial charge in [0.2, 0.25) is 11.3 Å². The van der Waals surface area contributed by atoms with Crippen LogP contribution in [0.5, 0.6) is 0 Å². The molecule has 0 aliphatic carbocycles. The van der Waals surface area contributed by atoms with Crippen LogP contribution in [0, 0.1) is 0 Å². The number of likely N-dealkylation sites (N-methyl/N-ethyl adjacent to an activating group) is 1. The predicted octanol–water partition coefficient (Wildman–Crippen LogP) is 2.89. The molecule has 1 atom stereocenters. The number of rotatable bonds is 6. The molecule has 7 nitrogen and oxygen atoms in total. The molecule has 0 bridgehead atoms. The van der Waals surface area contributed by atoms with E-state index in [4.69, 9.17) is 27.8 Å². The van der Waals surface area contributed by atoms with Gasteiger partial charge in [0.05, 0.1) is 27.6 Å². The van der Waals surface area contributed by atoms with Gasteiger partial charge in [-0.3, -0.25) is 4.55 Å². The summed E-state index contributed by atoms with van der Waals surface area (Å²) in [5, 5.41) is 1.65. The van der Waals surface area contributed by atoms with Gasteiger partial charge in [-0.15, -0.1) is 0 Å². The SMILES string of the molecule is CN(CCNS(=O)O)c1cc(-n2ccnc2)c2ccc(Cl)c(Cl)c2n1. The fourth-order valence-corrected chi connectivity index (χ4v) is 3.05. The van der Waals surface area contributed by atoms with Crippen molar-refractivity contribution in [2.45, 2.75) is 0 Å². The Morgan fingerprint density at radius 3 is 2.88 bits per heavy atom. The summed E-state index contributed by atoms with van der Waals surface area (Å²) in [6.45, 7) is 0.801. The van der Waals surface area contributed by atoms with Crippen LogP contribution in [0.1, 0.15) is 0 Å². The number of nitrogens with zero attached hydrogens (tertiary/aromatic N) is 4. The molecule has 0 aliphatic rings. The number of imidazole rings is 1. The van der Waals surface area contributed by atoms with E-state index in [1.54, 1.807) is 18.6 Å². The third-order valence-electron chi connectivity index (χ3n) is 3.68. The van der Waals surface area contributed by atoms with E-state index >= 15 is 0 Å². The van der Waals surface area contributed by atoms with Crippen molar-refractivity contribution in [3.05, 3.63) is 47.0 Å². The standard InChI is InChI=1S/C15H15Cl2N5O2S/c1-21(6-5-19-25(23)24)13-8-12(22-7-4-18-9-22)10-2-3-11(16)14(17)15(10)20-13/h2-4,7-9,19H,5-6H2,1H3,(H,23,24). The Morgan fingerprint density at radius 1 is 1.40 bits per heavy atom. The van der Waals surface area contributed by atoms with Crippen LogP contribution in [-0.2, 0) is 11.3 Å². The summed E-state index contributed by atoms with van der Waals surface area (Å²) >= 11 is 10.5. The first kappa shape index (κ1) is 18.1. The van der Waals surface area contributed by atoms with E-state index in [0.717, 1.165) is 11.1 Å². The van der Waals surface area contributed by atoms with Gasteiger partial charge in [0.15, 0.2) is 0 Å². The molecule has 25 heavy (non-hydrogen) atoms. The van der Waals surface area contributed by atoms with Crippen molar-refractivity contribution in [3.63, 3.8) is 0 Å². The summed E-state index contributed by atoms with van der Waals surface area (Å²) in [7, 11) is 1.84. The lowest BCUT2D eigenvalue weighted by Gasteiger charge is -2.20. The lowest BCUT2D eigenvalue weighted by molar-refractivity contribution is 0.549. The second kappa shape index (κ2) is 7.67. The van der Waals surface area contributed by atoms with Crippen LogP contribution in [0.15, 0.2) is 36.9 Å². The molecular formula is C15H15Cl2N5O2S. The Labute approximate surface area is 157 Å². The predicted molar refractivity (Wildman–Crippen MR) is 101 cm³/mol. The van der Waals surface area contributed by atoms with Gasteiger partial charge < -0.3 is 9.47 Å². The molecule has 0 saturated carbocycles. The third-order valence-corrected chi connectivity index (χ3v) is 4.93. The summed E-state index contributed by atoms with van der Waals surface area (Å²) < 4.78 is 23.8. The van der Waals surface area contributed by atoms with Crippen molar-refractivity contribution < 1.29 is 8.76 Å². The van der Waals surface area contributed by atoms with Crippen LogP contribution >= 0.6 is 23.2 Å². The van der Waals surface area contributed by atoms with Crippen LogP contribution < -0.4 is 9.62 Å². The maximum absolute atomic E-state index is 10.7. The molecule has 1 unspecified atom stereocenters. The van der Waals surface area contributed by atoms with Crippen molar-refractivity contribution in [2.24, 2.45) is 0 Å².